The first-order chi connectivity index (χ1) is 6.40. The molecular weight excluding hydrogens is 199 g/mol. The number of carbonyl (C=O) groups excluding carboxylic acids is 1. The van der Waals surface area contributed by atoms with Crippen molar-refractivity contribution in [2.45, 2.75) is 13.1 Å². The number of hydrogen-bond donors (Lipinski definition) is 1. The molecule has 0 aliphatic heterocycles. The molecule has 0 aliphatic carbocycles. The Kier molecular flexibility index (Phi) is 4.77. The third-order valence-corrected chi connectivity index (χ3v) is 1.37. The Morgan fingerprint density at radius 3 is 2.50 bits per heavy atom. The molecule has 0 saturated heterocycles. The van der Waals surface area contributed by atoms with Gasteiger partial charge in [0, 0.05) is 6.54 Å². The molecule has 0 atom stereocenters. The van der Waals surface area contributed by atoms with Crippen LogP contribution in [-0.2, 0) is 0 Å². The van der Waals surface area contributed by atoms with Crippen LogP contribution in [-0.4, -0.2) is 36.7 Å². The number of urea groups is 1. The summed E-state index contributed by atoms with van der Waals surface area (Å²) < 4.78 is 35.0. The summed E-state index contributed by atoms with van der Waals surface area (Å²) >= 11 is 0. The SMILES string of the molecule is CCN(CC#N)C(=O)NCC(F)(F)F. The molecular formula is C7H10F3N3O. The third-order valence-electron chi connectivity index (χ3n) is 1.37. The molecule has 0 spiro atoms. The molecule has 0 aromatic carbocycles. The number of nitriles is 1. The summed E-state index contributed by atoms with van der Waals surface area (Å²) in [5, 5.41) is 9.92. The van der Waals surface area contributed by atoms with Gasteiger partial charge >= 0.3 is 12.2 Å². The molecule has 0 saturated carbocycles. The Morgan fingerprint density at radius 1 is 1.57 bits per heavy atom. The maximum atomic E-state index is 11.7. The first kappa shape index (κ1) is 12.6. The Labute approximate surface area is 79.3 Å². The van der Waals surface area contributed by atoms with Gasteiger partial charge in [-0.25, -0.2) is 4.79 Å². The van der Waals surface area contributed by atoms with Crippen molar-refractivity contribution in [1.29, 1.82) is 5.26 Å². The zero-order valence-electron chi connectivity index (χ0n) is 7.56. The molecule has 0 radical (unpaired) electrons. The molecule has 80 valence electrons. The van der Waals surface area contributed by atoms with E-state index in [2.05, 4.69) is 0 Å². The molecule has 0 fully saturated rings. The van der Waals surface area contributed by atoms with Crippen molar-refractivity contribution in [2.75, 3.05) is 19.6 Å². The van der Waals surface area contributed by atoms with Gasteiger partial charge in [0.2, 0.25) is 0 Å². The molecule has 0 aromatic rings. The van der Waals surface area contributed by atoms with E-state index in [1.54, 1.807) is 18.3 Å². The van der Waals surface area contributed by atoms with Gasteiger partial charge in [-0.2, -0.15) is 18.4 Å². The van der Waals surface area contributed by atoms with Crippen LogP contribution in [0, 0.1) is 11.3 Å². The lowest BCUT2D eigenvalue weighted by Crippen LogP contribution is -2.43. The Balaban J connectivity index is 4.00. The zero-order chi connectivity index (χ0) is 11.2. The summed E-state index contributed by atoms with van der Waals surface area (Å²) in [4.78, 5) is 12.0. The highest BCUT2D eigenvalue weighted by Crippen LogP contribution is 2.12. The molecule has 14 heavy (non-hydrogen) atoms. The van der Waals surface area contributed by atoms with E-state index in [9.17, 15) is 18.0 Å². The minimum atomic E-state index is -4.43. The highest BCUT2D eigenvalue weighted by Gasteiger charge is 2.28. The monoisotopic (exact) mass is 209 g/mol. The number of amides is 2. The number of alkyl halides is 3. The fourth-order valence-corrected chi connectivity index (χ4v) is 0.700. The summed E-state index contributed by atoms with van der Waals surface area (Å²) in [6, 6.07) is 0.798. The number of nitrogens with one attached hydrogen (secondary N) is 1. The summed E-state index contributed by atoms with van der Waals surface area (Å²) in [5.74, 6) is 0. The average Bonchev–Trinajstić information content (AvgIpc) is 2.09. The van der Waals surface area contributed by atoms with E-state index in [0.717, 1.165) is 4.90 Å². The normalized spacial score (nSPS) is 10.5. The van der Waals surface area contributed by atoms with E-state index in [4.69, 9.17) is 5.26 Å². The highest BCUT2D eigenvalue weighted by atomic mass is 19.4. The molecule has 0 rings (SSSR count). The standard InChI is InChI=1S/C7H10F3N3O/c1-2-13(4-3-11)6(14)12-5-7(8,9)10/h2,4-5H2,1H3,(H,12,14). The van der Waals surface area contributed by atoms with Gasteiger partial charge in [-0.3, -0.25) is 0 Å². The van der Waals surface area contributed by atoms with Gasteiger partial charge in [0.05, 0.1) is 6.07 Å². The molecule has 0 bridgehead atoms. The van der Waals surface area contributed by atoms with E-state index >= 15 is 0 Å². The van der Waals surface area contributed by atoms with E-state index in [0.29, 0.717) is 0 Å². The van der Waals surface area contributed by atoms with E-state index in [1.165, 1.54) is 0 Å². The average molecular weight is 209 g/mol. The second-order valence-corrected chi connectivity index (χ2v) is 2.45. The Hall–Kier alpha value is -1.45. The number of rotatable bonds is 3. The fourth-order valence-electron chi connectivity index (χ4n) is 0.700. The van der Waals surface area contributed by atoms with Gasteiger partial charge in [-0.15, -0.1) is 0 Å². The second-order valence-electron chi connectivity index (χ2n) is 2.45. The fraction of sp³-hybridized carbons (Fsp3) is 0.714. The van der Waals surface area contributed by atoms with Crippen molar-refractivity contribution >= 4 is 6.03 Å². The van der Waals surface area contributed by atoms with Gasteiger partial charge in [0.1, 0.15) is 13.1 Å². The first-order valence-corrected chi connectivity index (χ1v) is 3.87. The number of nitrogens with zero attached hydrogens (tertiary/aromatic N) is 2. The smallest absolute Gasteiger partial charge is 0.329 e. The number of hydrogen-bond acceptors (Lipinski definition) is 2. The molecule has 2 amide bonds. The van der Waals surface area contributed by atoms with Gasteiger partial charge in [-0.05, 0) is 6.92 Å². The maximum Gasteiger partial charge on any atom is 0.405 e. The van der Waals surface area contributed by atoms with Gasteiger partial charge in [0.25, 0.3) is 0 Å². The molecule has 0 heterocycles. The van der Waals surface area contributed by atoms with Crippen molar-refractivity contribution in [2.24, 2.45) is 0 Å². The Morgan fingerprint density at radius 2 is 2.14 bits per heavy atom. The highest BCUT2D eigenvalue weighted by molar-refractivity contribution is 5.74. The second kappa shape index (κ2) is 5.32. The van der Waals surface area contributed by atoms with Crippen molar-refractivity contribution in [3.8, 4) is 6.07 Å². The van der Waals surface area contributed by atoms with Crippen LogP contribution < -0.4 is 5.32 Å². The topological polar surface area (TPSA) is 56.1 Å². The van der Waals surface area contributed by atoms with Crippen molar-refractivity contribution in [1.82, 2.24) is 10.2 Å². The van der Waals surface area contributed by atoms with E-state index in [1.807, 2.05) is 0 Å². The van der Waals surface area contributed by atoms with Crippen molar-refractivity contribution < 1.29 is 18.0 Å². The van der Waals surface area contributed by atoms with Crippen LogP contribution in [0.4, 0.5) is 18.0 Å². The predicted octanol–water partition coefficient (Wildman–Crippen LogP) is 1.10. The van der Waals surface area contributed by atoms with Crippen LogP contribution in [0.25, 0.3) is 0 Å². The summed E-state index contributed by atoms with van der Waals surface area (Å²) in [6.45, 7) is 0.162. The molecule has 1 N–H and O–H groups in total. The quantitative estimate of drug-likeness (QED) is 0.707. The summed E-state index contributed by atoms with van der Waals surface area (Å²) in [5.41, 5.74) is 0. The summed E-state index contributed by atoms with van der Waals surface area (Å²) in [6.07, 6.45) is -4.43. The van der Waals surface area contributed by atoms with Crippen LogP contribution in [0.15, 0.2) is 0 Å². The van der Waals surface area contributed by atoms with Crippen LogP contribution in [0.5, 0.6) is 0 Å². The van der Waals surface area contributed by atoms with Crippen LogP contribution >= 0.6 is 0 Å². The minimum Gasteiger partial charge on any atom is -0.329 e. The summed E-state index contributed by atoms with van der Waals surface area (Å²) in [7, 11) is 0. The zero-order valence-corrected chi connectivity index (χ0v) is 7.56. The first-order valence-electron chi connectivity index (χ1n) is 3.87. The van der Waals surface area contributed by atoms with E-state index < -0.39 is 18.8 Å². The molecule has 0 aromatic heterocycles. The van der Waals surface area contributed by atoms with Crippen LogP contribution in [0.1, 0.15) is 6.92 Å². The number of carbonyl (C=O) groups is 1. The molecule has 4 nitrogen and oxygen atoms in total. The lowest BCUT2D eigenvalue weighted by Gasteiger charge is -2.18. The van der Waals surface area contributed by atoms with Crippen LogP contribution in [0.2, 0.25) is 0 Å². The van der Waals surface area contributed by atoms with Gasteiger partial charge in [0.15, 0.2) is 0 Å². The van der Waals surface area contributed by atoms with Crippen molar-refractivity contribution in [3.05, 3.63) is 0 Å². The molecule has 0 aliphatic rings. The Bertz CT molecular complexity index is 233. The third kappa shape index (κ3) is 5.24. The van der Waals surface area contributed by atoms with Crippen molar-refractivity contribution in [3.63, 3.8) is 0 Å². The largest absolute Gasteiger partial charge is 0.405 e. The number of halogens is 3. The minimum absolute atomic E-state index is 0.192. The van der Waals surface area contributed by atoms with E-state index in [-0.39, 0.29) is 13.1 Å². The molecule has 7 heteroatoms. The van der Waals surface area contributed by atoms with Gasteiger partial charge < -0.3 is 10.2 Å². The predicted molar refractivity (Wildman–Crippen MR) is 42.3 cm³/mol. The maximum absolute atomic E-state index is 11.7. The molecule has 0 unspecified atom stereocenters. The lowest BCUT2D eigenvalue weighted by atomic mass is 10.5. The lowest BCUT2D eigenvalue weighted by molar-refractivity contribution is -0.123. The van der Waals surface area contributed by atoms with Crippen LogP contribution in [0.3, 0.4) is 0 Å². The van der Waals surface area contributed by atoms with Gasteiger partial charge in [-0.1, -0.05) is 0 Å².